The topological polar surface area (TPSA) is 93.1 Å². The summed E-state index contributed by atoms with van der Waals surface area (Å²) >= 11 is 0. The third kappa shape index (κ3) is 5.78. The van der Waals surface area contributed by atoms with Crippen LogP contribution in [0.5, 0.6) is 0 Å². The second-order valence-electron chi connectivity index (χ2n) is 8.83. The van der Waals surface area contributed by atoms with Crippen LogP contribution >= 0.6 is 0 Å². The zero-order chi connectivity index (χ0) is 28.7. The largest absolute Gasteiger partial charge is 0.451 e. The number of nitrogens with zero attached hydrogens (tertiary/aromatic N) is 4. The summed E-state index contributed by atoms with van der Waals surface area (Å²) in [6.45, 7) is 1.25. The van der Waals surface area contributed by atoms with Crippen LogP contribution in [0, 0.1) is 17.5 Å². The number of sulfonamides is 1. The Hall–Kier alpha value is -3.46. The van der Waals surface area contributed by atoms with Crippen molar-refractivity contribution < 1.29 is 43.9 Å². The van der Waals surface area contributed by atoms with Crippen molar-refractivity contribution in [2.75, 3.05) is 0 Å². The van der Waals surface area contributed by atoms with Gasteiger partial charge >= 0.3 is 6.18 Å². The molecule has 0 N–H and O–H groups in total. The molecule has 39 heavy (non-hydrogen) atoms. The summed E-state index contributed by atoms with van der Waals surface area (Å²) in [7, 11) is -4.59. The van der Waals surface area contributed by atoms with E-state index in [1.54, 1.807) is 0 Å². The van der Waals surface area contributed by atoms with E-state index in [0.717, 1.165) is 24.7 Å². The van der Waals surface area contributed by atoms with E-state index >= 15 is 0 Å². The van der Waals surface area contributed by atoms with Crippen molar-refractivity contribution in [3.63, 3.8) is 0 Å². The molecule has 1 aromatic carbocycles. The SMILES string of the molecule is C[C@H]1[C@H](F)C[C@@H](C(=O)CCc2cc(-c3cnc(C(F)(F)F)nc3)c(F)cn2)N1S(=O)(=O)c1ccc(F)c(F)c1. The summed E-state index contributed by atoms with van der Waals surface area (Å²) in [5.74, 6) is -5.71. The van der Waals surface area contributed by atoms with Crippen molar-refractivity contribution >= 4 is 15.8 Å². The Kier molecular flexibility index (Phi) is 7.76. The van der Waals surface area contributed by atoms with E-state index in [0.29, 0.717) is 16.4 Å². The predicted molar refractivity (Wildman–Crippen MR) is 122 cm³/mol. The Balaban J connectivity index is 1.54. The average molecular weight is 576 g/mol. The van der Waals surface area contributed by atoms with Crippen LogP contribution in [0.25, 0.3) is 11.1 Å². The molecule has 7 nitrogen and oxygen atoms in total. The lowest BCUT2D eigenvalue weighted by Crippen LogP contribution is -2.44. The summed E-state index contributed by atoms with van der Waals surface area (Å²) in [6.07, 6.45) is -5.10. The monoisotopic (exact) mass is 576 g/mol. The maximum atomic E-state index is 14.6. The van der Waals surface area contributed by atoms with Crippen LogP contribution in [0.1, 0.15) is 31.3 Å². The minimum Gasteiger partial charge on any atom is -0.298 e. The molecule has 1 aliphatic heterocycles. The summed E-state index contributed by atoms with van der Waals surface area (Å²) in [5.41, 5.74) is -0.122. The minimum absolute atomic E-state index is 0.0795. The number of pyridine rings is 1. The Morgan fingerprint density at radius 1 is 1.00 bits per heavy atom. The molecule has 1 fully saturated rings. The number of halogens is 7. The van der Waals surface area contributed by atoms with Gasteiger partial charge in [0.1, 0.15) is 12.0 Å². The molecule has 1 saturated heterocycles. The molecule has 3 atom stereocenters. The van der Waals surface area contributed by atoms with Crippen LogP contribution in [0.3, 0.4) is 0 Å². The first kappa shape index (κ1) is 28.5. The van der Waals surface area contributed by atoms with Crippen LogP contribution in [0.2, 0.25) is 0 Å². The van der Waals surface area contributed by atoms with E-state index in [2.05, 4.69) is 15.0 Å². The number of Topliss-reactive ketones (excluding diaryl/α,β-unsaturated/α-hetero) is 1. The summed E-state index contributed by atoms with van der Waals surface area (Å²) in [6, 6.07) is 0.317. The first-order valence-corrected chi connectivity index (χ1v) is 12.8. The number of carbonyl (C=O) groups is 1. The number of benzene rings is 1. The van der Waals surface area contributed by atoms with Gasteiger partial charge in [-0.3, -0.25) is 9.78 Å². The molecule has 0 amide bonds. The van der Waals surface area contributed by atoms with Crippen molar-refractivity contribution in [1.82, 2.24) is 19.3 Å². The van der Waals surface area contributed by atoms with E-state index in [1.165, 1.54) is 13.0 Å². The fourth-order valence-electron chi connectivity index (χ4n) is 4.25. The van der Waals surface area contributed by atoms with Gasteiger partial charge in [0.05, 0.1) is 23.2 Å². The summed E-state index contributed by atoms with van der Waals surface area (Å²) < 4.78 is 121. The number of ketones is 1. The average Bonchev–Trinajstić information content (AvgIpc) is 3.19. The third-order valence-electron chi connectivity index (χ3n) is 6.27. The highest BCUT2D eigenvalue weighted by molar-refractivity contribution is 7.89. The van der Waals surface area contributed by atoms with Crippen LogP contribution in [0.15, 0.2) is 47.8 Å². The van der Waals surface area contributed by atoms with Gasteiger partial charge in [-0.25, -0.2) is 35.9 Å². The molecule has 0 spiro atoms. The quantitative estimate of drug-likeness (QED) is 0.380. The molecule has 4 rings (SSSR count). The predicted octanol–water partition coefficient (Wildman–Crippen LogP) is 4.67. The van der Waals surface area contributed by atoms with Crippen LogP contribution < -0.4 is 0 Å². The van der Waals surface area contributed by atoms with Gasteiger partial charge in [-0.15, -0.1) is 0 Å². The lowest BCUT2D eigenvalue weighted by molar-refractivity contribution is -0.145. The van der Waals surface area contributed by atoms with Gasteiger partial charge in [0, 0.05) is 42.1 Å². The van der Waals surface area contributed by atoms with Crippen LogP contribution in [-0.4, -0.2) is 51.7 Å². The highest BCUT2D eigenvalue weighted by Gasteiger charge is 2.48. The van der Waals surface area contributed by atoms with Gasteiger partial charge in [0.25, 0.3) is 0 Å². The van der Waals surface area contributed by atoms with Gasteiger partial charge in [-0.2, -0.15) is 17.5 Å². The molecule has 0 unspecified atom stereocenters. The zero-order valence-corrected chi connectivity index (χ0v) is 20.8. The first-order valence-electron chi connectivity index (χ1n) is 11.4. The third-order valence-corrected chi connectivity index (χ3v) is 8.27. The molecule has 0 saturated carbocycles. The molecule has 1 aliphatic rings. The van der Waals surface area contributed by atoms with Crippen molar-refractivity contribution in [3.05, 3.63) is 71.8 Å². The standard InChI is InChI=1S/C24H19F7N4O3S/c1-12-18(26)8-21(35(12)39(37,38)15-3-4-17(25)19(27)7-15)22(36)5-2-14-6-16(20(28)11-32-14)13-9-33-23(34-10-13)24(29,30)31/h3-4,6-7,9-12,18,21H,2,5,8H2,1H3/t12-,18+,21-/m0/s1. The van der Waals surface area contributed by atoms with Gasteiger partial charge in [-0.05, 0) is 37.6 Å². The zero-order valence-electron chi connectivity index (χ0n) is 20.0. The first-order chi connectivity index (χ1) is 18.2. The molecular formula is C24H19F7N4O3S. The fraction of sp³-hybridized carbons (Fsp3) is 0.333. The molecule has 0 bridgehead atoms. The molecular weight excluding hydrogens is 557 g/mol. The minimum atomic E-state index is -4.79. The Morgan fingerprint density at radius 2 is 1.67 bits per heavy atom. The van der Waals surface area contributed by atoms with Gasteiger partial charge in [0.2, 0.25) is 15.8 Å². The highest BCUT2D eigenvalue weighted by Crippen LogP contribution is 2.35. The molecule has 208 valence electrons. The molecule has 2 aromatic heterocycles. The molecule has 3 aromatic rings. The van der Waals surface area contributed by atoms with E-state index in [9.17, 15) is 43.9 Å². The number of hydrogen-bond donors (Lipinski definition) is 0. The van der Waals surface area contributed by atoms with Crippen molar-refractivity contribution in [2.45, 2.75) is 55.5 Å². The second-order valence-corrected chi connectivity index (χ2v) is 10.7. The molecule has 0 aliphatic carbocycles. The number of aryl methyl sites for hydroxylation is 1. The van der Waals surface area contributed by atoms with Crippen molar-refractivity contribution in [1.29, 1.82) is 0 Å². The summed E-state index contributed by atoms with van der Waals surface area (Å²) in [5, 5.41) is 0. The Labute approximate surface area is 217 Å². The van der Waals surface area contributed by atoms with E-state index in [4.69, 9.17) is 0 Å². The maximum Gasteiger partial charge on any atom is 0.451 e. The van der Waals surface area contributed by atoms with E-state index in [1.807, 2.05) is 0 Å². The number of hydrogen-bond acceptors (Lipinski definition) is 6. The number of rotatable bonds is 7. The Bertz CT molecular complexity index is 1500. The lowest BCUT2D eigenvalue weighted by Gasteiger charge is -2.26. The van der Waals surface area contributed by atoms with Crippen molar-refractivity contribution in [3.8, 4) is 11.1 Å². The second kappa shape index (κ2) is 10.6. The number of aromatic nitrogens is 3. The van der Waals surface area contributed by atoms with Gasteiger partial charge < -0.3 is 0 Å². The van der Waals surface area contributed by atoms with Crippen LogP contribution in [0.4, 0.5) is 30.7 Å². The highest BCUT2D eigenvalue weighted by atomic mass is 32.2. The van der Waals surface area contributed by atoms with Gasteiger partial charge in [0.15, 0.2) is 17.4 Å². The van der Waals surface area contributed by atoms with Crippen LogP contribution in [-0.2, 0) is 27.4 Å². The van der Waals surface area contributed by atoms with E-state index < -0.39 is 74.8 Å². The molecule has 3 heterocycles. The van der Waals surface area contributed by atoms with Gasteiger partial charge in [-0.1, -0.05) is 0 Å². The van der Waals surface area contributed by atoms with E-state index in [-0.39, 0.29) is 29.7 Å². The fourth-order valence-corrected chi connectivity index (χ4v) is 6.09. The maximum absolute atomic E-state index is 14.6. The van der Waals surface area contributed by atoms with Crippen molar-refractivity contribution in [2.24, 2.45) is 0 Å². The molecule has 15 heteroatoms. The molecule has 0 radical (unpaired) electrons. The number of carbonyl (C=O) groups excluding carboxylic acids is 1. The smallest absolute Gasteiger partial charge is 0.298 e. The number of alkyl halides is 4. The summed E-state index contributed by atoms with van der Waals surface area (Å²) in [4.78, 5) is 22.6. The Morgan fingerprint density at radius 3 is 2.28 bits per heavy atom. The normalized spacial score (nSPS) is 20.4. The lowest BCUT2D eigenvalue weighted by atomic mass is 10.0.